The summed E-state index contributed by atoms with van der Waals surface area (Å²) in [7, 11) is 1.05. The Labute approximate surface area is 208 Å². The van der Waals surface area contributed by atoms with Gasteiger partial charge in [0.25, 0.3) is 5.56 Å². The standard InChI is InChI=1S/C26H28N4O5S/c1-28-23-16-22(27-24(23)25(31)29(2)26(28)32)18-7-9-21(10-8-18)36(33,34)30-13-11-17(12-14-30)19-5-4-6-20(15-19)35-3/h4-10,15-17,27H,11-14H2,1-3H3. The molecule has 1 aliphatic rings. The minimum atomic E-state index is -3.63. The van der Waals surface area contributed by atoms with Gasteiger partial charge >= 0.3 is 5.69 Å². The molecule has 0 radical (unpaired) electrons. The normalized spacial score (nSPS) is 15.4. The molecule has 0 spiro atoms. The van der Waals surface area contributed by atoms with E-state index in [0.29, 0.717) is 35.7 Å². The maximum Gasteiger partial charge on any atom is 0.331 e. The molecule has 0 bridgehead atoms. The van der Waals surface area contributed by atoms with Crippen molar-refractivity contribution < 1.29 is 13.2 Å². The first-order chi connectivity index (χ1) is 17.2. The van der Waals surface area contributed by atoms with Gasteiger partial charge in [0.05, 0.1) is 17.5 Å². The van der Waals surface area contributed by atoms with E-state index in [0.717, 1.165) is 28.7 Å². The maximum atomic E-state index is 13.3. The van der Waals surface area contributed by atoms with Gasteiger partial charge in [0.1, 0.15) is 11.3 Å². The van der Waals surface area contributed by atoms with E-state index in [1.54, 1.807) is 48.8 Å². The van der Waals surface area contributed by atoms with E-state index in [4.69, 9.17) is 4.74 Å². The fraction of sp³-hybridized carbons (Fsp3) is 0.308. The van der Waals surface area contributed by atoms with Gasteiger partial charge in [-0.1, -0.05) is 24.3 Å². The lowest BCUT2D eigenvalue weighted by molar-refractivity contribution is 0.319. The Morgan fingerprint density at radius 1 is 0.944 bits per heavy atom. The summed E-state index contributed by atoms with van der Waals surface area (Å²) < 4.78 is 35.9. The average Bonchev–Trinajstić information content (AvgIpc) is 3.37. The molecule has 2 aromatic carbocycles. The molecule has 9 nitrogen and oxygen atoms in total. The Morgan fingerprint density at radius 3 is 2.31 bits per heavy atom. The van der Waals surface area contributed by atoms with Crippen molar-refractivity contribution in [3.63, 3.8) is 0 Å². The van der Waals surface area contributed by atoms with Crippen molar-refractivity contribution in [1.82, 2.24) is 18.4 Å². The van der Waals surface area contributed by atoms with E-state index in [1.165, 1.54) is 17.2 Å². The summed E-state index contributed by atoms with van der Waals surface area (Å²) in [5.41, 5.74) is 2.52. The summed E-state index contributed by atoms with van der Waals surface area (Å²) in [4.78, 5) is 28.0. The number of nitrogens with one attached hydrogen (secondary N) is 1. The second kappa shape index (κ2) is 9.11. The topological polar surface area (TPSA) is 106 Å². The van der Waals surface area contributed by atoms with Crippen LogP contribution in [0, 0.1) is 0 Å². The van der Waals surface area contributed by atoms with Crippen LogP contribution in [0.4, 0.5) is 0 Å². The number of piperidine rings is 1. The Hall–Kier alpha value is -3.63. The lowest BCUT2D eigenvalue weighted by Gasteiger charge is -2.31. The number of methoxy groups -OCH3 is 1. The molecule has 1 aliphatic heterocycles. The molecule has 5 rings (SSSR count). The highest BCUT2D eigenvalue weighted by Gasteiger charge is 2.30. The molecule has 0 aliphatic carbocycles. The van der Waals surface area contributed by atoms with Crippen LogP contribution < -0.4 is 16.0 Å². The molecular formula is C26H28N4O5S. The molecule has 0 amide bonds. The molecule has 3 heterocycles. The van der Waals surface area contributed by atoms with Gasteiger partial charge in [0.2, 0.25) is 10.0 Å². The van der Waals surface area contributed by atoms with Gasteiger partial charge in [-0.2, -0.15) is 4.31 Å². The van der Waals surface area contributed by atoms with Crippen LogP contribution in [0.5, 0.6) is 5.75 Å². The van der Waals surface area contributed by atoms with Gasteiger partial charge in [0.15, 0.2) is 0 Å². The fourth-order valence-corrected chi connectivity index (χ4v) is 6.36. The summed E-state index contributed by atoms with van der Waals surface area (Å²) in [6, 6.07) is 16.3. The highest BCUT2D eigenvalue weighted by atomic mass is 32.2. The quantitative estimate of drug-likeness (QED) is 0.446. The second-order valence-corrected chi connectivity index (χ2v) is 11.1. The van der Waals surface area contributed by atoms with Crippen molar-refractivity contribution in [2.75, 3.05) is 20.2 Å². The zero-order chi connectivity index (χ0) is 25.6. The van der Waals surface area contributed by atoms with Gasteiger partial charge in [-0.25, -0.2) is 13.2 Å². The molecule has 2 aromatic heterocycles. The predicted octanol–water partition coefficient (Wildman–Crippen LogP) is 2.81. The zero-order valence-corrected chi connectivity index (χ0v) is 21.2. The van der Waals surface area contributed by atoms with Gasteiger partial charge in [-0.05, 0) is 60.2 Å². The predicted molar refractivity (Wildman–Crippen MR) is 138 cm³/mol. The molecule has 188 valence electrons. The van der Waals surface area contributed by atoms with Gasteiger partial charge in [-0.3, -0.25) is 13.9 Å². The Balaban J connectivity index is 1.35. The lowest BCUT2D eigenvalue weighted by Crippen LogP contribution is -2.37. The van der Waals surface area contributed by atoms with E-state index in [-0.39, 0.29) is 4.90 Å². The molecule has 0 unspecified atom stereocenters. The molecule has 0 atom stereocenters. The Morgan fingerprint density at radius 2 is 1.64 bits per heavy atom. The van der Waals surface area contributed by atoms with Crippen LogP contribution in [0.25, 0.3) is 22.3 Å². The van der Waals surface area contributed by atoms with Crippen molar-refractivity contribution in [3.8, 4) is 17.0 Å². The number of benzene rings is 2. The van der Waals surface area contributed by atoms with Crippen molar-refractivity contribution in [2.45, 2.75) is 23.7 Å². The van der Waals surface area contributed by atoms with Crippen LogP contribution in [0.15, 0.2) is 69.1 Å². The Kier molecular flexibility index (Phi) is 6.09. The minimum Gasteiger partial charge on any atom is -0.497 e. The largest absolute Gasteiger partial charge is 0.497 e. The van der Waals surface area contributed by atoms with Crippen LogP contribution in [0.1, 0.15) is 24.3 Å². The number of nitrogens with zero attached hydrogens (tertiary/aromatic N) is 3. The Bertz CT molecular complexity index is 1660. The highest BCUT2D eigenvalue weighted by molar-refractivity contribution is 7.89. The zero-order valence-electron chi connectivity index (χ0n) is 20.4. The van der Waals surface area contributed by atoms with Crippen LogP contribution in [-0.2, 0) is 24.1 Å². The van der Waals surface area contributed by atoms with Gasteiger partial charge in [-0.15, -0.1) is 0 Å². The van der Waals surface area contributed by atoms with E-state index in [9.17, 15) is 18.0 Å². The highest BCUT2D eigenvalue weighted by Crippen LogP contribution is 2.32. The van der Waals surface area contributed by atoms with Crippen molar-refractivity contribution >= 4 is 21.1 Å². The van der Waals surface area contributed by atoms with E-state index in [2.05, 4.69) is 11.1 Å². The number of aryl methyl sites for hydroxylation is 1. The third-order valence-electron chi connectivity index (χ3n) is 7.07. The monoisotopic (exact) mass is 508 g/mol. The number of aromatic amines is 1. The van der Waals surface area contributed by atoms with Crippen molar-refractivity contribution in [2.24, 2.45) is 14.1 Å². The lowest BCUT2D eigenvalue weighted by atomic mass is 9.90. The molecule has 1 N–H and O–H groups in total. The van der Waals surface area contributed by atoms with Crippen LogP contribution in [0.2, 0.25) is 0 Å². The number of hydrogen-bond acceptors (Lipinski definition) is 5. The number of hydrogen-bond donors (Lipinski definition) is 1. The molecule has 4 aromatic rings. The molecule has 0 saturated carbocycles. The number of H-pyrrole nitrogens is 1. The summed E-state index contributed by atoms with van der Waals surface area (Å²) >= 11 is 0. The van der Waals surface area contributed by atoms with Crippen LogP contribution >= 0.6 is 0 Å². The van der Waals surface area contributed by atoms with Crippen LogP contribution in [-0.4, -0.2) is 47.0 Å². The first-order valence-electron chi connectivity index (χ1n) is 11.7. The summed E-state index contributed by atoms with van der Waals surface area (Å²) in [5.74, 6) is 1.10. The van der Waals surface area contributed by atoms with E-state index in [1.807, 2.05) is 18.2 Å². The van der Waals surface area contributed by atoms with Gasteiger partial charge < -0.3 is 9.72 Å². The first-order valence-corrected chi connectivity index (χ1v) is 13.2. The smallest absolute Gasteiger partial charge is 0.331 e. The first kappa shape index (κ1) is 24.1. The molecule has 1 saturated heterocycles. The SMILES string of the molecule is COc1cccc(C2CCN(S(=O)(=O)c3ccc(-c4cc5c([nH]4)c(=O)n(C)c(=O)n5C)cc3)CC2)c1. The fourth-order valence-electron chi connectivity index (χ4n) is 4.89. The minimum absolute atomic E-state index is 0.227. The molecule has 1 fully saturated rings. The summed E-state index contributed by atoms with van der Waals surface area (Å²) in [6.07, 6.45) is 1.49. The van der Waals surface area contributed by atoms with Crippen LogP contribution in [0.3, 0.4) is 0 Å². The second-order valence-electron chi connectivity index (χ2n) is 9.13. The number of rotatable bonds is 5. The summed E-state index contributed by atoms with van der Waals surface area (Å²) in [5, 5.41) is 0. The molecular weight excluding hydrogens is 480 g/mol. The van der Waals surface area contributed by atoms with Crippen molar-refractivity contribution in [3.05, 3.63) is 81.0 Å². The molecule has 10 heteroatoms. The summed E-state index contributed by atoms with van der Waals surface area (Å²) in [6.45, 7) is 0.899. The van der Waals surface area contributed by atoms with E-state index < -0.39 is 21.3 Å². The average molecular weight is 509 g/mol. The number of sulfonamides is 1. The molecule has 36 heavy (non-hydrogen) atoms. The number of ether oxygens (including phenoxy) is 1. The third kappa shape index (κ3) is 4.06. The van der Waals surface area contributed by atoms with Crippen molar-refractivity contribution in [1.29, 1.82) is 0 Å². The number of fused-ring (bicyclic) bond motifs is 1. The maximum absolute atomic E-state index is 13.3. The van der Waals surface area contributed by atoms with Gasteiger partial charge in [0, 0.05) is 32.9 Å². The number of aromatic nitrogens is 3. The third-order valence-corrected chi connectivity index (χ3v) is 8.99. The van der Waals surface area contributed by atoms with E-state index >= 15 is 0 Å².